The second-order valence-corrected chi connectivity index (χ2v) is 7.49. The Kier molecular flexibility index (Phi) is 6.02. The van der Waals surface area contributed by atoms with Crippen molar-refractivity contribution in [2.24, 2.45) is 0 Å². The van der Waals surface area contributed by atoms with E-state index < -0.39 is 0 Å². The van der Waals surface area contributed by atoms with Crippen molar-refractivity contribution in [1.82, 2.24) is 20.0 Å². The number of nitrogens with one attached hydrogen (secondary N) is 1. The summed E-state index contributed by atoms with van der Waals surface area (Å²) in [6, 6.07) is 10.4. The molecule has 6 heteroatoms. The van der Waals surface area contributed by atoms with Crippen LogP contribution in [0.15, 0.2) is 60.1 Å². The van der Waals surface area contributed by atoms with E-state index in [1.807, 2.05) is 24.8 Å². The van der Waals surface area contributed by atoms with E-state index in [4.69, 9.17) is 4.74 Å². The zero-order chi connectivity index (χ0) is 20.2. The van der Waals surface area contributed by atoms with Crippen molar-refractivity contribution in [2.75, 3.05) is 45.9 Å². The molecule has 0 bridgehead atoms. The van der Waals surface area contributed by atoms with Gasteiger partial charge in [0.2, 0.25) is 0 Å². The van der Waals surface area contributed by atoms with Crippen LogP contribution in [-0.4, -0.2) is 72.7 Å². The Morgan fingerprint density at radius 1 is 1.17 bits per heavy atom. The van der Waals surface area contributed by atoms with E-state index in [1.54, 1.807) is 0 Å². The Hall–Kier alpha value is -2.57. The van der Waals surface area contributed by atoms with Crippen LogP contribution >= 0.6 is 0 Å². The lowest BCUT2D eigenvalue weighted by Crippen LogP contribution is -2.40. The van der Waals surface area contributed by atoms with Crippen molar-refractivity contribution >= 4 is 11.5 Å². The first-order chi connectivity index (χ1) is 14.2. The number of allylic oxidation sites excluding steroid dienone is 2. The largest absolute Gasteiger partial charge is 0.379 e. The Labute approximate surface area is 173 Å². The molecule has 29 heavy (non-hydrogen) atoms. The molecule has 3 aliphatic heterocycles. The zero-order valence-corrected chi connectivity index (χ0v) is 17.3. The maximum atomic E-state index is 13.2. The van der Waals surface area contributed by atoms with Crippen LogP contribution in [0.5, 0.6) is 0 Å². The molecule has 154 valence electrons. The number of amides is 1. The van der Waals surface area contributed by atoms with E-state index in [2.05, 4.69) is 57.7 Å². The molecule has 1 atom stereocenters. The highest BCUT2D eigenvalue weighted by atomic mass is 16.5. The lowest BCUT2D eigenvalue weighted by Gasteiger charge is -2.32. The average molecular weight is 395 g/mol. The van der Waals surface area contributed by atoms with E-state index in [-0.39, 0.29) is 12.1 Å². The average Bonchev–Trinajstić information content (AvgIpc) is 3.13. The molecular weight excluding hydrogens is 364 g/mol. The van der Waals surface area contributed by atoms with Crippen molar-refractivity contribution in [3.8, 4) is 0 Å². The third-order valence-corrected chi connectivity index (χ3v) is 5.78. The summed E-state index contributed by atoms with van der Waals surface area (Å²) in [4.78, 5) is 19.7. The SMILES string of the molecule is CCN(CC)C(=O)C1=C(CN2CCOCC2)N2C=C(c3ccccc3)C=CC2N1. The zero-order valence-electron chi connectivity index (χ0n) is 17.3. The van der Waals surface area contributed by atoms with Crippen LogP contribution in [0.3, 0.4) is 0 Å². The number of morpholine rings is 1. The highest BCUT2D eigenvalue weighted by Crippen LogP contribution is 2.31. The second-order valence-electron chi connectivity index (χ2n) is 7.49. The first kappa shape index (κ1) is 19.7. The number of carbonyl (C=O) groups excluding carboxylic acids is 1. The molecule has 1 amide bonds. The maximum absolute atomic E-state index is 13.2. The molecule has 3 aliphatic rings. The number of likely N-dealkylation sites (N-methyl/N-ethyl adjacent to an activating group) is 1. The summed E-state index contributed by atoms with van der Waals surface area (Å²) < 4.78 is 5.51. The minimum Gasteiger partial charge on any atom is -0.379 e. The molecule has 1 aromatic rings. The molecule has 4 rings (SSSR count). The highest BCUT2D eigenvalue weighted by molar-refractivity contribution is 5.94. The van der Waals surface area contributed by atoms with Gasteiger partial charge in [0.1, 0.15) is 11.9 Å². The minimum atomic E-state index is -0.0204. The van der Waals surface area contributed by atoms with Gasteiger partial charge in [-0.1, -0.05) is 36.4 Å². The van der Waals surface area contributed by atoms with Crippen LogP contribution in [0.25, 0.3) is 5.57 Å². The van der Waals surface area contributed by atoms with Gasteiger partial charge < -0.3 is 19.9 Å². The third kappa shape index (κ3) is 4.09. The van der Waals surface area contributed by atoms with Crippen LogP contribution in [-0.2, 0) is 9.53 Å². The minimum absolute atomic E-state index is 0.0204. The van der Waals surface area contributed by atoms with Crippen LogP contribution in [0.1, 0.15) is 19.4 Å². The van der Waals surface area contributed by atoms with E-state index in [0.29, 0.717) is 13.1 Å². The summed E-state index contributed by atoms with van der Waals surface area (Å²) in [5.74, 6) is 0.0794. The van der Waals surface area contributed by atoms with Crippen molar-refractivity contribution in [3.63, 3.8) is 0 Å². The molecule has 0 radical (unpaired) electrons. The van der Waals surface area contributed by atoms with E-state index in [9.17, 15) is 4.79 Å². The van der Waals surface area contributed by atoms with Gasteiger partial charge in [0, 0.05) is 38.9 Å². The number of hydrogen-bond donors (Lipinski definition) is 1. The number of benzene rings is 1. The first-order valence-electron chi connectivity index (χ1n) is 10.5. The van der Waals surface area contributed by atoms with Gasteiger partial charge in [-0.3, -0.25) is 9.69 Å². The molecule has 0 saturated carbocycles. The number of rotatable bonds is 6. The van der Waals surface area contributed by atoms with Crippen molar-refractivity contribution in [3.05, 3.63) is 65.6 Å². The van der Waals surface area contributed by atoms with Gasteiger partial charge in [-0.15, -0.1) is 0 Å². The summed E-state index contributed by atoms with van der Waals surface area (Å²) in [7, 11) is 0. The van der Waals surface area contributed by atoms with Gasteiger partial charge in [-0.2, -0.15) is 0 Å². The fraction of sp³-hybridized carbons (Fsp3) is 0.435. The highest BCUT2D eigenvalue weighted by Gasteiger charge is 2.36. The summed E-state index contributed by atoms with van der Waals surface area (Å²) in [5, 5.41) is 3.48. The second kappa shape index (κ2) is 8.84. The first-order valence-corrected chi connectivity index (χ1v) is 10.5. The molecule has 1 unspecified atom stereocenters. The van der Waals surface area contributed by atoms with Crippen LogP contribution in [0.2, 0.25) is 0 Å². The standard InChI is InChI=1S/C23H30N4O2/c1-3-26(4-2)23(28)22-20(17-25-12-14-29-15-13-25)27-16-19(10-11-21(27)24-22)18-8-6-5-7-9-18/h5-11,16,21,24H,3-4,12-15,17H2,1-2H3. The topological polar surface area (TPSA) is 48.1 Å². The molecule has 6 nitrogen and oxygen atoms in total. The summed E-state index contributed by atoms with van der Waals surface area (Å²) >= 11 is 0. The fourth-order valence-corrected chi connectivity index (χ4v) is 4.07. The summed E-state index contributed by atoms with van der Waals surface area (Å²) in [5.41, 5.74) is 4.10. The van der Waals surface area contributed by atoms with Gasteiger partial charge >= 0.3 is 0 Å². The van der Waals surface area contributed by atoms with E-state index >= 15 is 0 Å². The summed E-state index contributed by atoms with van der Waals surface area (Å²) in [6.45, 7) is 9.47. The van der Waals surface area contributed by atoms with Crippen LogP contribution in [0, 0.1) is 0 Å². The molecule has 1 saturated heterocycles. The lowest BCUT2D eigenvalue weighted by molar-refractivity contribution is -0.127. The molecule has 1 fully saturated rings. The Balaban J connectivity index is 1.67. The molecule has 0 aromatic heterocycles. The molecule has 0 aliphatic carbocycles. The fourth-order valence-electron chi connectivity index (χ4n) is 4.07. The number of fused-ring (bicyclic) bond motifs is 1. The van der Waals surface area contributed by atoms with Crippen LogP contribution in [0.4, 0.5) is 0 Å². The Morgan fingerprint density at radius 3 is 2.59 bits per heavy atom. The Bertz CT molecular complexity index is 821. The number of nitrogens with zero attached hydrogens (tertiary/aromatic N) is 3. The van der Waals surface area contributed by atoms with Gasteiger partial charge in [-0.05, 0) is 31.1 Å². The van der Waals surface area contributed by atoms with E-state index in [1.165, 1.54) is 5.56 Å². The van der Waals surface area contributed by atoms with Crippen LogP contribution < -0.4 is 5.32 Å². The quantitative estimate of drug-likeness (QED) is 0.802. The van der Waals surface area contributed by atoms with Crippen molar-refractivity contribution in [1.29, 1.82) is 0 Å². The van der Waals surface area contributed by atoms with E-state index in [0.717, 1.165) is 49.8 Å². The lowest BCUT2D eigenvalue weighted by atomic mass is 10.0. The van der Waals surface area contributed by atoms with Gasteiger partial charge in [0.25, 0.3) is 5.91 Å². The summed E-state index contributed by atoms with van der Waals surface area (Å²) in [6.07, 6.45) is 6.43. The maximum Gasteiger partial charge on any atom is 0.271 e. The van der Waals surface area contributed by atoms with Crippen molar-refractivity contribution < 1.29 is 9.53 Å². The Morgan fingerprint density at radius 2 is 1.90 bits per heavy atom. The molecule has 1 N–H and O–H groups in total. The molecule has 0 spiro atoms. The van der Waals surface area contributed by atoms with Crippen molar-refractivity contribution in [2.45, 2.75) is 20.0 Å². The normalized spacial score (nSPS) is 21.7. The third-order valence-electron chi connectivity index (χ3n) is 5.78. The molecule has 1 aromatic carbocycles. The number of hydrogen-bond acceptors (Lipinski definition) is 5. The smallest absolute Gasteiger partial charge is 0.271 e. The van der Waals surface area contributed by atoms with Gasteiger partial charge in [0.15, 0.2) is 0 Å². The predicted octanol–water partition coefficient (Wildman–Crippen LogP) is 2.24. The number of ether oxygens (including phenoxy) is 1. The predicted molar refractivity (Wildman–Crippen MR) is 115 cm³/mol. The number of carbonyl (C=O) groups is 1. The molecule has 3 heterocycles. The monoisotopic (exact) mass is 394 g/mol. The van der Waals surface area contributed by atoms with Gasteiger partial charge in [-0.25, -0.2) is 0 Å². The van der Waals surface area contributed by atoms with Gasteiger partial charge in [0.05, 0.1) is 18.9 Å². The molecular formula is C23H30N4O2.